The van der Waals surface area contributed by atoms with Gasteiger partial charge in [0.25, 0.3) is 10.0 Å². The number of rotatable bonds is 10. The molecule has 7 nitrogen and oxygen atoms in total. The first-order chi connectivity index (χ1) is 20.7. The van der Waals surface area contributed by atoms with Crippen LogP contribution in [0.15, 0.2) is 71.6 Å². The Labute approximate surface area is 268 Å². The Kier molecular flexibility index (Phi) is 10.8. The van der Waals surface area contributed by atoms with Crippen LogP contribution in [0, 0.1) is 0 Å². The highest BCUT2D eigenvalue weighted by Crippen LogP contribution is 2.37. The number of amides is 2. The lowest BCUT2D eigenvalue weighted by Gasteiger charge is -2.33. The maximum absolute atomic E-state index is 14.1. The Morgan fingerprint density at radius 3 is 2.23 bits per heavy atom. The normalized spacial score (nSPS) is 14.7. The van der Waals surface area contributed by atoms with Crippen LogP contribution in [0.4, 0.5) is 18.9 Å². The second-order valence-corrected chi connectivity index (χ2v) is 13.5. The standard InChI is InChI=1S/C30H29Cl3F3N3O4S/c1-19(29(41)37-23-7-5-6-8-23)38(17-20-11-13-22(31)16-26(20)33)28(40)18-39(44(42,43)24-9-3-2-4-10-24)27-15-21(30(34,35)36)12-14-25(27)32/h2-4,9-16,19,23H,5-8,17-18H2,1H3,(H,37,41). The molecule has 236 valence electrons. The molecule has 0 radical (unpaired) electrons. The molecule has 0 aliphatic heterocycles. The van der Waals surface area contributed by atoms with Gasteiger partial charge in [0.15, 0.2) is 0 Å². The molecule has 1 fully saturated rings. The molecule has 0 saturated heterocycles. The van der Waals surface area contributed by atoms with E-state index in [1.54, 1.807) is 18.2 Å². The van der Waals surface area contributed by atoms with E-state index in [2.05, 4.69) is 5.32 Å². The van der Waals surface area contributed by atoms with Crippen LogP contribution in [0.5, 0.6) is 0 Å². The molecule has 3 aromatic rings. The maximum Gasteiger partial charge on any atom is 0.416 e. The molecule has 1 aliphatic carbocycles. The highest BCUT2D eigenvalue weighted by Gasteiger charge is 2.37. The number of alkyl halides is 3. The number of anilines is 1. The first kappa shape index (κ1) is 33.9. The maximum atomic E-state index is 14.1. The molecule has 1 aliphatic rings. The molecule has 14 heteroatoms. The zero-order chi connectivity index (χ0) is 32.2. The van der Waals surface area contributed by atoms with Gasteiger partial charge in [-0.1, -0.05) is 71.9 Å². The summed E-state index contributed by atoms with van der Waals surface area (Å²) in [4.78, 5) is 28.2. The predicted molar refractivity (Wildman–Crippen MR) is 164 cm³/mol. The average molecular weight is 691 g/mol. The Hall–Kier alpha value is -2.99. The van der Waals surface area contributed by atoms with Crippen molar-refractivity contribution in [3.8, 4) is 0 Å². The van der Waals surface area contributed by atoms with E-state index >= 15 is 0 Å². The molecule has 1 saturated carbocycles. The van der Waals surface area contributed by atoms with Gasteiger partial charge in [-0.05, 0) is 67.8 Å². The summed E-state index contributed by atoms with van der Waals surface area (Å²) < 4.78 is 69.4. The van der Waals surface area contributed by atoms with Crippen molar-refractivity contribution in [1.82, 2.24) is 10.2 Å². The fraction of sp³-hybridized carbons (Fsp3) is 0.333. The molecule has 1 unspecified atom stereocenters. The zero-order valence-corrected chi connectivity index (χ0v) is 26.5. The van der Waals surface area contributed by atoms with E-state index in [4.69, 9.17) is 34.8 Å². The van der Waals surface area contributed by atoms with Crippen LogP contribution < -0.4 is 9.62 Å². The number of hydrogen-bond acceptors (Lipinski definition) is 4. The summed E-state index contributed by atoms with van der Waals surface area (Å²) in [6, 6.07) is 12.5. The minimum absolute atomic E-state index is 0.0695. The Morgan fingerprint density at radius 2 is 1.61 bits per heavy atom. The fourth-order valence-electron chi connectivity index (χ4n) is 4.92. The largest absolute Gasteiger partial charge is 0.416 e. The topological polar surface area (TPSA) is 86.8 Å². The molecule has 0 bridgehead atoms. The third-order valence-electron chi connectivity index (χ3n) is 7.38. The fourth-order valence-corrected chi connectivity index (χ4v) is 7.11. The summed E-state index contributed by atoms with van der Waals surface area (Å²) in [5.74, 6) is -1.34. The van der Waals surface area contributed by atoms with Crippen LogP contribution in [0.1, 0.15) is 43.7 Å². The van der Waals surface area contributed by atoms with E-state index in [0.29, 0.717) is 27.0 Å². The average Bonchev–Trinajstić information content (AvgIpc) is 3.48. The summed E-state index contributed by atoms with van der Waals surface area (Å²) in [6.45, 7) is 0.299. The third-order valence-corrected chi connectivity index (χ3v) is 10.1. The van der Waals surface area contributed by atoms with Gasteiger partial charge in [-0.15, -0.1) is 0 Å². The SMILES string of the molecule is CC(C(=O)NC1CCCC1)N(Cc1ccc(Cl)cc1Cl)C(=O)CN(c1cc(C(F)(F)F)ccc1Cl)S(=O)(=O)c1ccccc1. The number of nitrogens with zero attached hydrogens (tertiary/aromatic N) is 2. The monoisotopic (exact) mass is 689 g/mol. The van der Waals surface area contributed by atoms with E-state index in [-0.39, 0.29) is 27.5 Å². The molecule has 2 amide bonds. The van der Waals surface area contributed by atoms with Gasteiger partial charge >= 0.3 is 6.18 Å². The minimum atomic E-state index is -4.82. The number of benzene rings is 3. The summed E-state index contributed by atoms with van der Waals surface area (Å²) in [6.07, 6.45) is -1.35. The number of carbonyl (C=O) groups is 2. The second-order valence-electron chi connectivity index (χ2n) is 10.4. The van der Waals surface area contributed by atoms with Crippen molar-refractivity contribution in [3.05, 3.63) is 92.9 Å². The van der Waals surface area contributed by atoms with Crippen molar-refractivity contribution in [3.63, 3.8) is 0 Å². The quantitative estimate of drug-likeness (QED) is 0.241. The van der Waals surface area contributed by atoms with Crippen LogP contribution in [0.3, 0.4) is 0 Å². The van der Waals surface area contributed by atoms with Crippen molar-refractivity contribution < 1.29 is 31.2 Å². The lowest BCUT2D eigenvalue weighted by atomic mass is 10.1. The molecule has 0 spiro atoms. The summed E-state index contributed by atoms with van der Waals surface area (Å²) in [5.41, 5.74) is -1.29. The molecule has 0 aromatic heterocycles. The second kappa shape index (κ2) is 14.0. The van der Waals surface area contributed by atoms with E-state index in [0.717, 1.165) is 36.6 Å². The highest BCUT2D eigenvalue weighted by molar-refractivity contribution is 7.92. The smallest absolute Gasteiger partial charge is 0.352 e. The van der Waals surface area contributed by atoms with Crippen molar-refractivity contribution in [2.75, 3.05) is 10.8 Å². The third kappa shape index (κ3) is 7.99. The lowest BCUT2D eigenvalue weighted by molar-refractivity contribution is -0.139. The molecule has 0 heterocycles. The summed E-state index contributed by atoms with van der Waals surface area (Å²) in [7, 11) is -4.63. The van der Waals surface area contributed by atoms with Crippen LogP contribution in [0.25, 0.3) is 0 Å². The molecular formula is C30H29Cl3F3N3O4S. The lowest BCUT2D eigenvalue weighted by Crippen LogP contribution is -2.52. The Morgan fingerprint density at radius 1 is 0.955 bits per heavy atom. The van der Waals surface area contributed by atoms with E-state index < -0.39 is 51.9 Å². The molecule has 1 atom stereocenters. The van der Waals surface area contributed by atoms with Crippen molar-refractivity contribution >= 4 is 62.3 Å². The van der Waals surface area contributed by atoms with E-state index in [9.17, 15) is 31.2 Å². The number of nitrogens with one attached hydrogen (secondary N) is 1. The first-order valence-corrected chi connectivity index (χ1v) is 16.2. The van der Waals surface area contributed by atoms with Gasteiger partial charge in [-0.2, -0.15) is 13.2 Å². The Balaban J connectivity index is 1.77. The van der Waals surface area contributed by atoms with Gasteiger partial charge in [0.2, 0.25) is 11.8 Å². The molecule has 4 rings (SSSR count). The van der Waals surface area contributed by atoms with Gasteiger partial charge in [-0.3, -0.25) is 13.9 Å². The van der Waals surface area contributed by atoms with Crippen molar-refractivity contribution in [2.24, 2.45) is 0 Å². The minimum Gasteiger partial charge on any atom is -0.352 e. The number of carbonyl (C=O) groups excluding carboxylic acids is 2. The Bertz CT molecular complexity index is 1620. The summed E-state index contributed by atoms with van der Waals surface area (Å²) in [5, 5.41) is 3.14. The predicted octanol–water partition coefficient (Wildman–Crippen LogP) is 7.34. The highest BCUT2D eigenvalue weighted by atomic mass is 35.5. The number of halogens is 6. The van der Waals surface area contributed by atoms with Gasteiger partial charge in [0.1, 0.15) is 12.6 Å². The van der Waals surface area contributed by atoms with Gasteiger partial charge in [0.05, 0.1) is 21.2 Å². The number of hydrogen-bond donors (Lipinski definition) is 1. The van der Waals surface area contributed by atoms with Crippen LogP contribution in [-0.4, -0.2) is 43.8 Å². The molecular weight excluding hydrogens is 662 g/mol. The number of sulfonamides is 1. The van der Waals surface area contributed by atoms with Crippen LogP contribution in [0.2, 0.25) is 15.1 Å². The molecule has 44 heavy (non-hydrogen) atoms. The zero-order valence-electron chi connectivity index (χ0n) is 23.5. The van der Waals surface area contributed by atoms with Crippen LogP contribution >= 0.6 is 34.8 Å². The molecule has 1 N–H and O–H groups in total. The summed E-state index contributed by atoms with van der Waals surface area (Å²) >= 11 is 18.7. The van der Waals surface area contributed by atoms with Crippen molar-refractivity contribution in [1.29, 1.82) is 0 Å². The van der Waals surface area contributed by atoms with Crippen LogP contribution in [-0.2, 0) is 32.3 Å². The van der Waals surface area contributed by atoms with Gasteiger partial charge in [-0.25, -0.2) is 8.42 Å². The molecule has 3 aromatic carbocycles. The van der Waals surface area contributed by atoms with Gasteiger partial charge < -0.3 is 10.2 Å². The van der Waals surface area contributed by atoms with E-state index in [1.807, 2.05) is 0 Å². The first-order valence-electron chi connectivity index (χ1n) is 13.7. The van der Waals surface area contributed by atoms with Gasteiger partial charge in [0, 0.05) is 22.6 Å². The van der Waals surface area contributed by atoms with Crippen molar-refractivity contribution in [2.45, 2.75) is 62.3 Å². The van der Waals surface area contributed by atoms with E-state index in [1.165, 1.54) is 37.3 Å².